The van der Waals surface area contributed by atoms with Gasteiger partial charge < -0.3 is 9.47 Å². The second-order valence-electron chi connectivity index (χ2n) is 6.77. The highest BCUT2D eigenvalue weighted by Gasteiger charge is 2.31. The average molecular weight is 383 g/mol. The first-order valence-corrected chi connectivity index (χ1v) is 8.93. The summed E-state index contributed by atoms with van der Waals surface area (Å²) >= 11 is 0. The molecule has 0 atom stereocenters. The molecule has 0 fully saturated rings. The van der Waals surface area contributed by atoms with E-state index < -0.39 is 11.6 Å². The van der Waals surface area contributed by atoms with E-state index >= 15 is 0 Å². The van der Waals surface area contributed by atoms with E-state index in [1.54, 1.807) is 88.4 Å². The molecule has 0 amide bonds. The van der Waals surface area contributed by atoms with Crippen molar-refractivity contribution in [3.8, 4) is 5.75 Å². The molecule has 2 aromatic rings. The number of carbonyl (C=O) groups is 2. The first kappa shape index (κ1) is 21.1. The van der Waals surface area contributed by atoms with E-state index in [0.29, 0.717) is 22.6 Å². The van der Waals surface area contributed by atoms with Gasteiger partial charge in [-0.1, -0.05) is 5.22 Å². The number of hydrogen-bond acceptors (Lipinski definition) is 6. The van der Waals surface area contributed by atoms with Crippen LogP contribution in [0.3, 0.4) is 0 Å². The van der Waals surface area contributed by atoms with E-state index in [9.17, 15) is 9.59 Å². The predicted molar refractivity (Wildman–Crippen MR) is 106 cm³/mol. The lowest BCUT2D eigenvalue weighted by Gasteiger charge is -2.24. The Morgan fingerprint density at radius 3 is 2.00 bits per heavy atom. The first-order valence-electron chi connectivity index (χ1n) is 8.93. The Morgan fingerprint density at radius 1 is 0.964 bits per heavy atom. The summed E-state index contributed by atoms with van der Waals surface area (Å²) in [5, 5.41) is 9.54. The normalized spacial score (nSPS) is 11.3. The van der Waals surface area contributed by atoms with Crippen LogP contribution in [0.4, 0.5) is 5.69 Å². The third kappa shape index (κ3) is 5.64. The molecule has 0 aliphatic carbocycles. The van der Waals surface area contributed by atoms with Crippen LogP contribution in [0.2, 0.25) is 0 Å². The van der Waals surface area contributed by atoms with Crippen LogP contribution < -0.4 is 4.74 Å². The van der Waals surface area contributed by atoms with E-state index in [4.69, 9.17) is 9.47 Å². The summed E-state index contributed by atoms with van der Waals surface area (Å²) in [7, 11) is 3.56. The zero-order valence-corrected chi connectivity index (χ0v) is 16.8. The minimum Gasteiger partial charge on any atom is -0.476 e. The molecule has 2 aromatic carbocycles. The number of ether oxygens (including phenoxy) is 2. The summed E-state index contributed by atoms with van der Waals surface area (Å²) in [6.45, 7) is 5.30. The van der Waals surface area contributed by atoms with Crippen LogP contribution in [0.1, 0.15) is 36.7 Å². The lowest BCUT2D eigenvalue weighted by Crippen LogP contribution is -2.39. The number of benzene rings is 2. The van der Waals surface area contributed by atoms with E-state index in [1.165, 1.54) is 0 Å². The summed E-state index contributed by atoms with van der Waals surface area (Å²) in [6, 6.07) is 13.5. The Morgan fingerprint density at radius 2 is 1.50 bits per heavy atom. The summed E-state index contributed by atoms with van der Waals surface area (Å²) in [4.78, 5) is 24.6. The van der Waals surface area contributed by atoms with Crippen molar-refractivity contribution in [3.63, 3.8) is 0 Å². The van der Waals surface area contributed by atoms with Crippen LogP contribution in [0.5, 0.6) is 5.75 Å². The topological polar surface area (TPSA) is 80.6 Å². The maximum Gasteiger partial charge on any atom is 0.349 e. The van der Waals surface area contributed by atoms with Crippen LogP contribution in [0, 0.1) is 0 Å². The second kappa shape index (κ2) is 9.12. The zero-order chi connectivity index (χ0) is 20.7. The fraction of sp³-hybridized carbons (Fsp3) is 0.333. The largest absolute Gasteiger partial charge is 0.476 e. The molecule has 0 aliphatic rings. The lowest BCUT2D eigenvalue weighted by atomic mass is 10.0. The zero-order valence-electron chi connectivity index (χ0n) is 16.8. The molecule has 7 heteroatoms. The highest BCUT2D eigenvalue weighted by atomic mass is 16.6. The van der Waals surface area contributed by atoms with Gasteiger partial charge in [0.2, 0.25) is 0 Å². The summed E-state index contributed by atoms with van der Waals surface area (Å²) < 4.78 is 10.7. The van der Waals surface area contributed by atoms with Crippen molar-refractivity contribution < 1.29 is 19.1 Å². The Hall–Kier alpha value is -3.22. The molecule has 2 rings (SSSR count). The molecule has 0 spiro atoms. The van der Waals surface area contributed by atoms with E-state index in [2.05, 4.69) is 10.3 Å². The Kier molecular flexibility index (Phi) is 6.87. The predicted octanol–water partition coefficient (Wildman–Crippen LogP) is 4.20. The van der Waals surface area contributed by atoms with Gasteiger partial charge in [-0.05, 0) is 69.3 Å². The van der Waals surface area contributed by atoms with Crippen molar-refractivity contribution in [1.29, 1.82) is 0 Å². The van der Waals surface area contributed by atoms with Gasteiger partial charge in [0.25, 0.3) is 0 Å². The van der Waals surface area contributed by atoms with Gasteiger partial charge in [-0.25, -0.2) is 4.79 Å². The fourth-order valence-electron chi connectivity index (χ4n) is 2.30. The molecule has 7 nitrogen and oxygen atoms in total. The van der Waals surface area contributed by atoms with E-state index in [0.717, 1.165) is 0 Å². The van der Waals surface area contributed by atoms with Crippen molar-refractivity contribution in [2.45, 2.75) is 26.4 Å². The monoisotopic (exact) mass is 383 g/mol. The highest BCUT2D eigenvalue weighted by Crippen LogP contribution is 2.22. The third-order valence-electron chi connectivity index (χ3n) is 3.73. The van der Waals surface area contributed by atoms with Crippen molar-refractivity contribution in [3.05, 3.63) is 59.7 Å². The van der Waals surface area contributed by atoms with Crippen LogP contribution in [0.25, 0.3) is 0 Å². The Bertz CT molecular complexity index is 841. The molecule has 0 aliphatic heterocycles. The van der Waals surface area contributed by atoms with Crippen molar-refractivity contribution in [2.24, 2.45) is 10.3 Å². The molecular formula is C21H25N3O4. The van der Waals surface area contributed by atoms with Crippen molar-refractivity contribution in [1.82, 2.24) is 5.01 Å². The summed E-state index contributed by atoms with van der Waals surface area (Å²) in [6.07, 6.45) is 0. The molecule has 0 heterocycles. The highest BCUT2D eigenvalue weighted by molar-refractivity contribution is 6.09. The smallest absolute Gasteiger partial charge is 0.349 e. The van der Waals surface area contributed by atoms with Gasteiger partial charge in [-0.2, -0.15) is 0 Å². The van der Waals surface area contributed by atoms with Gasteiger partial charge in [0, 0.05) is 25.2 Å². The fourth-order valence-corrected chi connectivity index (χ4v) is 2.30. The molecule has 0 bridgehead atoms. The molecular weight excluding hydrogens is 358 g/mol. The minimum absolute atomic E-state index is 0.118. The first-order chi connectivity index (χ1) is 13.2. The summed E-state index contributed by atoms with van der Waals surface area (Å²) in [5.41, 5.74) is 0.613. The van der Waals surface area contributed by atoms with Gasteiger partial charge in [0.1, 0.15) is 5.75 Å². The number of ketones is 1. The maximum absolute atomic E-state index is 12.6. The molecule has 0 unspecified atom stereocenters. The lowest BCUT2D eigenvalue weighted by molar-refractivity contribution is -0.158. The van der Waals surface area contributed by atoms with Gasteiger partial charge >= 0.3 is 5.97 Å². The molecule has 0 radical (unpaired) electrons. The standard InChI is InChI=1S/C21H25N3O4/c1-6-27-20(26)21(2,3)28-18-13-9-16(10-14-18)19(25)15-7-11-17(12-8-15)22-23-24(4)5/h7-14H,6H2,1-5H3. The van der Waals surface area contributed by atoms with Gasteiger partial charge in [-0.15, -0.1) is 5.11 Å². The van der Waals surface area contributed by atoms with Gasteiger partial charge in [0.15, 0.2) is 11.4 Å². The summed E-state index contributed by atoms with van der Waals surface area (Å²) in [5.74, 6) is -0.0805. The van der Waals surface area contributed by atoms with Crippen molar-refractivity contribution >= 4 is 17.4 Å². The van der Waals surface area contributed by atoms with Gasteiger partial charge in [-0.3, -0.25) is 9.80 Å². The van der Waals surface area contributed by atoms with Crippen LogP contribution in [-0.2, 0) is 9.53 Å². The number of carbonyl (C=O) groups excluding carboxylic acids is 2. The third-order valence-corrected chi connectivity index (χ3v) is 3.73. The number of esters is 1. The Labute approximate surface area is 164 Å². The quantitative estimate of drug-likeness (QED) is 0.295. The number of hydrogen-bond donors (Lipinski definition) is 0. The molecule has 0 saturated heterocycles. The minimum atomic E-state index is -1.11. The number of rotatable bonds is 8. The van der Waals surface area contributed by atoms with E-state index in [-0.39, 0.29) is 12.4 Å². The molecule has 0 aromatic heterocycles. The van der Waals surface area contributed by atoms with E-state index in [1.807, 2.05) is 0 Å². The van der Waals surface area contributed by atoms with Crippen molar-refractivity contribution in [2.75, 3.05) is 20.7 Å². The van der Waals surface area contributed by atoms with Gasteiger partial charge in [0.05, 0.1) is 12.3 Å². The average Bonchev–Trinajstić information content (AvgIpc) is 2.66. The van der Waals surface area contributed by atoms with Crippen LogP contribution in [-0.4, -0.2) is 43.1 Å². The Balaban J connectivity index is 2.08. The van der Waals surface area contributed by atoms with Crippen LogP contribution in [0.15, 0.2) is 58.9 Å². The van der Waals surface area contributed by atoms with Crippen LogP contribution >= 0.6 is 0 Å². The molecule has 28 heavy (non-hydrogen) atoms. The second-order valence-corrected chi connectivity index (χ2v) is 6.77. The SMILES string of the molecule is CCOC(=O)C(C)(C)Oc1ccc(C(=O)c2ccc(N=NN(C)C)cc2)cc1. The molecule has 0 saturated carbocycles. The molecule has 0 N–H and O–H groups in total. The molecule has 148 valence electrons. The maximum atomic E-state index is 12.6. The number of nitrogens with zero attached hydrogens (tertiary/aromatic N) is 3.